The number of hydrogen-bond acceptors (Lipinski definition) is 7. The normalized spacial score (nSPS) is 15.4. The van der Waals surface area contributed by atoms with Gasteiger partial charge in [-0.1, -0.05) is 60.7 Å². The van der Waals surface area contributed by atoms with Gasteiger partial charge in [0.2, 0.25) is 5.91 Å². The number of morpholine rings is 1. The third-order valence-electron chi connectivity index (χ3n) is 5.77. The first-order valence-electron chi connectivity index (χ1n) is 12.1. The van der Waals surface area contributed by atoms with Gasteiger partial charge in [0.1, 0.15) is 18.3 Å². The van der Waals surface area contributed by atoms with Crippen LogP contribution >= 0.6 is 0 Å². The quantitative estimate of drug-likeness (QED) is 0.219. The van der Waals surface area contributed by atoms with Crippen molar-refractivity contribution in [1.82, 2.24) is 15.5 Å². The third-order valence-corrected chi connectivity index (χ3v) is 6.23. The second kappa shape index (κ2) is 14.3. The summed E-state index contributed by atoms with van der Waals surface area (Å²) in [6.07, 6.45) is 1.27. The van der Waals surface area contributed by atoms with Crippen molar-refractivity contribution in [3.05, 3.63) is 83.5 Å². The fourth-order valence-corrected chi connectivity index (χ4v) is 3.99. The van der Waals surface area contributed by atoms with Crippen molar-refractivity contribution < 1.29 is 36.8 Å². The summed E-state index contributed by atoms with van der Waals surface area (Å²) in [5.41, 5.74) is 1.71. The molecule has 0 spiro atoms. The summed E-state index contributed by atoms with van der Waals surface area (Å²) in [5, 5.41) is 5.72. The summed E-state index contributed by atoms with van der Waals surface area (Å²) in [6, 6.07) is 15.8. The summed E-state index contributed by atoms with van der Waals surface area (Å²) >= 11 is 0. The highest BCUT2D eigenvalue weighted by Gasteiger charge is 2.29. The summed E-state index contributed by atoms with van der Waals surface area (Å²) in [5.74, 6) is -1.53. The topological polar surface area (TPSA) is 151 Å². The number of nitrogens with zero attached hydrogens (tertiary/aromatic N) is 1. The second-order valence-electron chi connectivity index (χ2n) is 8.60. The van der Waals surface area contributed by atoms with Crippen LogP contribution in [-0.2, 0) is 42.0 Å². The number of nitrogens with one attached hydrogen (secondary N) is 2. The molecule has 0 bridgehead atoms. The molecule has 0 unspecified atom stereocenters. The van der Waals surface area contributed by atoms with E-state index in [0.29, 0.717) is 44.4 Å². The molecule has 0 radical (unpaired) electrons. The van der Waals surface area contributed by atoms with Gasteiger partial charge in [-0.25, -0.2) is 9.59 Å². The van der Waals surface area contributed by atoms with Crippen molar-refractivity contribution in [1.29, 1.82) is 0 Å². The molecule has 1 heterocycles. The van der Waals surface area contributed by atoms with Gasteiger partial charge in [-0.3, -0.25) is 9.35 Å². The van der Waals surface area contributed by atoms with Gasteiger partial charge in [0, 0.05) is 19.5 Å². The summed E-state index contributed by atoms with van der Waals surface area (Å²) in [7, 11) is -4.50. The van der Waals surface area contributed by atoms with Crippen LogP contribution in [0.5, 0.6) is 0 Å². The zero-order chi connectivity index (χ0) is 27.4. The maximum absolute atomic E-state index is 13.4. The van der Waals surface area contributed by atoms with Gasteiger partial charge in [0.25, 0.3) is 10.1 Å². The number of carbonyl (C=O) groups excluding carboxylic acids is 3. The Morgan fingerprint density at radius 1 is 0.947 bits per heavy atom. The number of urea groups is 1. The molecular formula is C26H31N3O8S. The number of ether oxygens (including phenoxy) is 2. The number of aryl methyl sites for hydroxylation is 1. The third kappa shape index (κ3) is 9.96. The molecule has 0 aliphatic carbocycles. The number of esters is 1. The minimum Gasteiger partial charge on any atom is -0.432 e. The lowest BCUT2D eigenvalue weighted by Crippen LogP contribution is -2.56. The molecule has 3 amide bonds. The van der Waals surface area contributed by atoms with Crippen LogP contribution in [0.15, 0.2) is 72.3 Å². The van der Waals surface area contributed by atoms with Crippen molar-refractivity contribution >= 4 is 28.0 Å². The summed E-state index contributed by atoms with van der Waals surface area (Å²) in [4.78, 5) is 40.6. The molecule has 3 rings (SSSR count). The van der Waals surface area contributed by atoms with Gasteiger partial charge in [0.05, 0.1) is 18.6 Å². The van der Waals surface area contributed by atoms with Crippen molar-refractivity contribution in [3.8, 4) is 0 Å². The highest BCUT2D eigenvalue weighted by atomic mass is 32.2. The van der Waals surface area contributed by atoms with Crippen LogP contribution in [0, 0.1) is 0 Å². The Bertz CT molecular complexity index is 1200. The number of benzene rings is 2. The van der Waals surface area contributed by atoms with E-state index in [1.54, 1.807) is 4.90 Å². The maximum Gasteiger partial charge on any atom is 0.333 e. The van der Waals surface area contributed by atoms with E-state index in [4.69, 9.17) is 14.0 Å². The lowest BCUT2D eigenvalue weighted by Gasteiger charge is -2.29. The van der Waals surface area contributed by atoms with Crippen LogP contribution in [0.4, 0.5) is 4.79 Å². The van der Waals surface area contributed by atoms with Gasteiger partial charge in [-0.15, -0.1) is 0 Å². The monoisotopic (exact) mass is 545 g/mol. The van der Waals surface area contributed by atoms with Gasteiger partial charge in [0.15, 0.2) is 0 Å². The number of hydrogen-bond donors (Lipinski definition) is 3. The Kier molecular flexibility index (Phi) is 10.8. The van der Waals surface area contributed by atoms with Crippen molar-refractivity contribution in [2.75, 3.05) is 26.3 Å². The predicted molar refractivity (Wildman–Crippen MR) is 138 cm³/mol. The van der Waals surface area contributed by atoms with E-state index >= 15 is 0 Å². The summed E-state index contributed by atoms with van der Waals surface area (Å²) < 4.78 is 40.8. The molecular weight excluding hydrogens is 514 g/mol. The van der Waals surface area contributed by atoms with Crippen molar-refractivity contribution in [3.63, 3.8) is 0 Å². The molecule has 1 aliphatic rings. The average molecular weight is 546 g/mol. The number of carbonyl (C=O) groups is 3. The maximum atomic E-state index is 13.4. The Morgan fingerprint density at radius 2 is 1.55 bits per heavy atom. The van der Waals surface area contributed by atoms with Gasteiger partial charge >= 0.3 is 12.0 Å². The molecule has 2 aromatic rings. The Labute approximate surface area is 221 Å². The van der Waals surface area contributed by atoms with Crippen molar-refractivity contribution in [2.24, 2.45) is 0 Å². The van der Waals surface area contributed by atoms with E-state index < -0.39 is 40.1 Å². The van der Waals surface area contributed by atoms with Gasteiger partial charge in [-0.05, 0) is 24.0 Å². The first kappa shape index (κ1) is 28.8. The first-order chi connectivity index (χ1) is 18.2. The van der Waals surface area contributed by atoms with Gasteiger partial charge in [-0.2, -0.15) is 8.42 Å². The molecule has 0 saturated carbocycles. The fraction of sp³-hybridized carbons (Fsp3) is 0.346. The molecule has 1 aliphatic heterocycles. The Hall–Kier alpha value is -3.74. The first-order valence-corrected chi connectivity index (χ1v) is 13.6. The largest absolute Gasteiger partial charge is 0.432 e. The van der Waals surface area contributed by atoms with Crippen LogP contribution in [0.2, 0.25) is 0 Å². The minimum atomic E-state index is -4.50. The zero-order valence-corrected chi connectivity index (χ0v) is 21.5. The van der Waals surface area contributed by atoms with Gasteiger partial charge < -0.3 is 25.0 Å². The second-order valence-corrected chi connectivity index (χ2v) is 9.90. The highest BCUT2D eigenvalue weighted by Crippen LogP contribution is 2.10. The molecule has 38 heavy (non-hydrogen) atoms. The predicted octanol–water partition coefficient (Wildman–Crippen LogP) is 1.66. The number of rotatable bonds is 11. The molecule has 2 aromatic carbocycles. The van der Waals surface area contributed by atoms with E-state index in [1.165, 1.54) is 0 Å². The van der Waals surface area contributed by atoms with Crippen LogP contribution in [0.25, 0.3) is 0 Å². The van der Waals surface area contributed by atoms with E-state index in [0.717, 1.165) is 11.1 Å². The molecule has 1 fully saturated rings. The van der Waals surface area contributed by atoms with Crippen LogP contribution in [-0.4, -0.2) is 74.2 Å². The molecule has 204 valence electrons. The van der Waals surface area contributed by atoms with E-state index in [9.17, 15) is 22.8 Å². The Morgan fingerprint density at radius 3 is 2.16 bits per heavy atom. The Balaban J connectivity index is 1.76. The molecule has 2 atom stereocenters. The standard InChI is InChI=1S/C26H31N3O8S/c30-24(23(19-21-9-5-2-6-10-21)28-26(32)29-13-15-36-16-14-29)27-22(12-11-20-7-3-1-4-8-20)25(31)37-17-18-38(33,34)35/h1-10,17-18,22-23H,11-16,19H2,(H,27,30)(H,28,32)(H,33,34,35)/b18-17+/t22-,23-/m0/s1. The molecule has 11 nitrogen and oxygen atoms in total. The minimum absolute atomic E-state index is 0.143. The fourth-order valence-electron chi connectivity index (χ4n) is 3.79. The van der Waals surface area contributed by atoms with Crippen LogP contribution in [0.1, 0.15) is 17.5 Å². The smallest absolute Gasteiger partial charge is 0.333 e. The zero-order valence-electron chi connectivity index (χ0n) is 20.7. The number of amides is 3. The highest BCUT2D eigenvalue weighted by molar-refractivity contribution is 7.88. The van der Waals surface area contributed by atoms with E-state index in [1.807, 2.05) is 60.7 Å². The molecule has 1 saturated heterocycles. The average Bonchev–Trinajstić information content (AvgIpc) is 2.91. The van der Waals surface area contributed by atoms with Crippen molar-refractivity contribution in [2.45, 2.75) is 31.3 Å². The molecule has 3 N–H and O–H groups in total. The lowest BCUT2D eigenvalue weighted by atomic mass is 10.0. The van der Waals surface area contributed by atoms with Crippen LogP contribution in [0.3, 0.4) is 0 Å². The van der Waals surface area contributed by atoms with Crippen LogP contribution < -0.4 is 10.6 Å². The molecule has 0 aromatic heterocycles. The summed E-state index contributed by atoms with van der Waals surface area (Å²) in [6.45, 7) is 1.57. The lowest BCUT2D eigenvalue weighted by molar-refractivity contribution is -0.143. The molecule has 12 heteroatoms. The van der Waals surface area contributed by atoms with E-state index in [-0.39, 0.29) is 12.8 Å². The SMILES string of the molecule is O=C(N[C@@H](CCc1ccccc1)C(=O)O/C=C/S(=O)(=O)O)[C@H](Cc1ccccc1)NC(=O)N1CCOCC1. The van der Waals surface area contributed by atoms with E-state index in [2.05, 4.69) is 10.6 Å².